The molecule has 1 amide bonds. The first-order valence-corrected chi connectivity index (χ1v) is 9.67. The Morgan fingerprint density at radius 3 is 1.96 bits per heavy atom. The maximum absolute atomic E-state index is 13.3. The Kier molecular flexibility index (Phi) is 6.50. The highest BCUT2D eigenvalue weighted by Gasteiger charge is 2.31. The van der Waals surface area contributed by atoms with Crippen LogP contribution in [0.2, 0.25) is 0 Å². The molecule has 3 aromatic carbocycles. The lowest BCUT2D eigenvalue weighted by molar-refractivity contribution is -0.120. The fraction of sp³-hybridized carbons (Fsp3) is 0.130. The van der Waals surface area contributed by atoms with Crippen LogP contribution in [0.3, 0.4) is 0 Å². The van der Waals surface area contributed by atoms with Crippen molar-refractivity contribution in [1.29, 1.82) is 0 Å². The number of thioether (sulfide) groups is 1. The maximum atomic E-state index is 13.3. The van der Waals surface area contributed by atoms with Gasteiger partial charge >= 0.3 is 0 Å². The predicted octanol–water partition coefficient (Wildman–Crippen LogP) is 5.11. The fourth-order valence-electron chi connectivity index (χ4n) is 2.94. The first kappa shape index (κ1) is 19.7. The Morgan fingerprint density at radius 2 is 1.43 bits per heavy atom. The monoisotopic (exact) mass is 391 g/mol. The molecule has 0 N–H and O–H groups in total. The van der Waals surface area contributed by atoms with E-state index in [1.807, 2.05) is 60.7 Å². The van der Waals surface area contributed by atoms with Crippen LogP contribution in [0.4, 0.5) is 5.69 Å². The second-order valence-electron chi connectivity index (χ2n) is 6.13. The van der Waals surface area contributed by atoms with Crippen molar-refractivity contribution in [2.75, 3.05) is 12.0 Å². The molecule has 0 saturated heterocycles. The summed E-state index contributed by atoms with van der Waals surface area (Å²) in [5.74, 6) is 0.481. The molecule has 3 aromatic rings. The van der Waals surface area contributed by atoms with Crippen LogP contribution in [-0.2, 0) is 9.59 Å². The van der Waals surface area contributed by atoms with Crippen LogP contribution in [0.25, 0.3) is 0 Å². The molecular formula is C23H21NO3S. The summed E-state index contributed by atoms with van der Waals surface area (Å²) in [6, 6.07) is 25.2. The summed E-state index contributed by atoms with van der Waals surface area (Å²) in [5.41, 5.74) is 1.41. The first-order valence-electron chi connectivity index (χ1n) is 8.85. The van der Waals surface area contributed by atoms with Gasteiger partial charge in [0.05, 0.1) is 7.11 Å². The van der Waals surface area contributed by atoms with Gasteiger partial charge in [-0.05, 0) is 53.7 Å². The second kappa shape index (κ2) is 9.24. The first-order chi connectivity index (χ1) is 13.6. The van der Waals surface area contributed by atoms with Gasteiger partial charge in [-0.25, -0.2) is 0 Å². The van der Waals surface area contributed by atoms with E-state index in [4.69, 9.17) is 4.74 Å². The van der Waals surface area contributed by atoms with E-state index in [0.717, 1.165) is 22.2 Å². The molecule has 0 aromatic heterocycles. The SMILES string of the molecule is COc1ccc(N(C(C)=O)C(C(=O)Sc2ccccc2)c2ccccc2)cc1. The molecule has 0 bridgehead atoms. The van der Waals surface area contributed by atoms with E-state index in [0.29, 0.717) is 11.4 Å². The highest BCUT2D eigenvalue weighted by molar-refractivity contribution is 8.13. The quantitative estimate of drug-likeness (QED) is 0.548. The van der Waals surface area contributed by atoms with Crippen LogP contribution in [0.5, 0.6) is 5.75 Å². The van der Waals surface area contributed by atoms with Crippen LogP contribution in [0.1, 0.15) is 18.5 Å². The van der Waals surface area contributed by atoms with Crippen LogP contribution in [0, 0.1) is 0 Å². The molecule has 1 unspecified atom stereocenters. The highest BCUT2D eigenvalue weighted by Crippen LogP contribution is 2.34. The van der Waals surface area contributed by atoms with E-state index in [2.05, 4.69) is 0 Å². The summed E-state index contributed by atoms with van der Waals surface area (Å²) in [7, 11) is 1.59. The zero-order valence-electron chi connectivity index (χ0n) is 15.7. The number of hydrogen-bond acceptors (Lipinski definition) is 4. The van der Waals surface area contributed by atoms with Gasteiger partial charge in [0.1, 0.15) is 11.8 Å². The molecule has 0 radical (unpaired) electrons. The Balaban J connectivity index is 2.02. The third-order valence-corrected chi connectivity index (χ3v) is 5.18. The second-order valence-corrected chi connectivity index (χ2v) is 7.21. The molecule has 0 heterocycles. The summed E-state index contributed by atoms with van der Waals surface area (Å²) in [6.45, 7) is 1.47. The standard InChI is InChI=1S/C23H21NO3S/c1-17(25)24(19-13-15-20(27-2)16-14-19)22(18-9-5-3-6-10-18)23(26)28-21-11-7-4-8-12-21/h3-16,22H,1-2H3. The van der Waals surface area contributed by atoms with Crippen molar-refractivity contribution in [3.05, 3.63) is 90.5 Å². The molecule has 0 aliphatic heterocycles. The van der Waals surface area contributed by atoms with Crippen molar-refractivity contribution in [3.8, 4) is 5.75 Å². The summed E-state index contributed by atoms with van der Waals surface area (Å²) in [4.78, 5) is 28.3. The Labute approximate surface area is 169 Å². The molecular weight excluding hydrogens is 370 g/mol. The van der Waals surface area contributed by atoms with E-state index in [9.17, 15) is 9.59 Å². The molecule has 4 nitrogen and oxygen atoms in total. The smallest absolute Gasteiger partial charge is 0.224 e. The Bertz CT molecular complexity index is 927. The third-order valence-electron chi connectivity index (χ3n) is 4.25. The molecule has 0 aliphatic carbocycles. The molecule has 28 heavy (non-hydrogen) atoms. The van der Waals surface area contributed by atoms with Crippen molar-refractivity contribution in [3.63, 3.8) is 0 Å². The number of hydrogen-bond donors (Lipinski definition) is 0. The average Bonchev–Trinajstić information content (AvgIpc) is 2.73. The lowest BCUT2D eigenvalue weighted by Crippen LogP contribution is -2.36. The average molecular weight is 391 g/mol. The van der Waals surface area contributed by atoms with Gasteiger partial charge in [-0.15, -0.1) is 0 Å². The zero-order chi connectivity index (χ0) is 19.9. The number of ether oxygens (including phenoxy) is 1. The van der Waals surface area contributed by atoms with E-state index in [1.165, 1.54) is 11.8 Å². The third kappa shape index (κ3) is 4.61. The normalized spacial score (nSPS) is 11.5. The topological polar surface area (TPSA) is 46.6 Å². The van der Waals surface area contributed by atoms with Gasteiger partial charge in [0, 0.05) is 17.5 Å². The van der Waals surface area contributed by atoms with Crippen molar-refractivity contribution in [2.45, 2.75) is 17.9 Å². The van der Waals surface area contributed by atoms with Crippen LogP contribution >= 0.6 is 11.8 Å². The summed E-state index contributed by atoms with van der Waals surface area (Å²) < 4.78 is 5.21. The minimum atomic E-state index is -0.739. The van der Waals surface area contributed by atoms with E-state index in [-0.39, 0.29) is 11.0 Å². The summed E-state index contributed by atoms with van der Waals surface area (Å²) >= 11 is 1.14. The lowest BCUT2D eigenvalue weighted by Gasteiger charge is -2.30. The number of carbonyl (C=O) groups excluding carboxylic acids is 2. The number of benzene rings is 3. The minimum absolute atomic E-state index is 0.122. The van der Waals surface area contributed by atoms with Crippen molar-refractivity contribution in [2.24, 2.45) is 0 Å². The Hall–Kier alpha value is -3.05. The summed E-state index contributed by atoms with van der Waals surface area (Å²) in [6.07, 6.45) is 0. The number of nitrogens with zero attached hydrogens (tertiary/aromatic N) is 1. The van der Waals surface area contributed by atoms with Gasteiger partial charge in [0.25, 0.3) is 0 Å². The van der Waals surface area contributed by atoms with Crippen LogP contribution in [0.15, 0.2) is 89.8 Å². The number of anilines is 1. The van der Waals surface area contributed by atoms with Gasteiger partial charge in [-0.2, -0.15) is 0 Å². The molecule has 0 saturated carbocycles. The molecule has 3 rings (SSSR count). The van der Waals surface area contributed by atoms with Gasteiger partial charge in [-0.3, -0.25) is 14.5 Å². The number of amides is 1. The van der Waals surface area contributed by atoms with Crippen molar-refractivity contribution >= 4 is 28.5 Å². The molecule has 0 fully saturated rings. The van der Waals surface area contributed by atoms with Gasteiger partial charge in [0.2, 0.25) is 11.0 Å². The molecule has 0 spiro atoms. The number of carbonyl (C=O) groups is 2. The molecule has 142 valence electrons. The number of rotatable bonds is 6. The lowest BCUT2D eigenvalue weighted by atomic mass is 10.1. The van der Waals surface area contributed by atoms with E-state index in [1.54, 1.807) is 31.4 Å². The Morgan fingerprint density at radius 1 is 0.857 bits per heavy atom. The van der Waals surface area contributed by atoms with Gasteiger partial charge < -0.3 is 4.74 Å². The highest BCUT2D eigenvalue weighted by atomic mass is 32.2. The van der Waals surface area contributed by atoms with Gasteiger partial charge in [-0.1, -0.05) is 48.5 Å². The summed E-state index contributed by atoms with van der Waals surface area (Å²) in [5, 5.41) is -0.122. The molecule has 0 aliphatic rings. The molecule has 5 heteroatoms. The van der Waals surface area contributed by atoms with Crippen LogP contribution < -0.4 is 9.64 Å². The fourth-order valence-corrected chi connectivity index (χ4v) is 3.82. The number of methoxy groups -OCH3 is 1. The van der Waals surface area contributed by atoms with E-state index < -0.39 is 6.04 Å². The predicted molar refractivity (Wildman–Crippen MR) is 113 cm³/mol. The maximum Gasteiger partial charge on any atom is 0.224 e. The van der Waals surface area contributed by atoms with Crippen LogP contribution in [-0.4, -0.2) is 18.1 Å². The minimum Gasteiger partial charge on any atom is -0.497 e. The van der Waals surface area contributed by atoms with Gasteiger partial charge in [0.15, 0.2) is 0 Å². The zero-order valence-corrected chi connectivity index (χ0v) is 16.6. The van der Waals surface area contributed by atoms with Crippen molar-refractivity contribution in [1.82, 2.24) is 0 Å². The largest absolute Gasteiger partial charge is 0.497 e. The van der Waals surface area contributed by atoms with E-state index >= 15 is 0 Å². The van der Waals surface area contributed by atoms with Crippen molar-refractivity contribution < 1.29 is 14.3 Å². The molecule has 1 atom stereocenters.